The molecule has 0 saturated heterocycles. The molecular formula is C50H89NO5. The van der Waals surface area contributed by atoms with Crippen molar-refractivity contribution in [2.45, 2.75) is 238 Å². The van der Waals surface area contributed by atoms with Gasteiger partial charge >= 0.3 is 5.97 Å². The summed E-state index contributed by atoms with van der Waals surface area (Å²) in [7, 11) is 0. The Morgan fingerprint density at radius 1 is 0.536 bits per heavy atom. The first-order chi connectivity index (χ1) is 27.5. The minimum atomic E-state index is -0.815. The van der Waals surface area contributed by atoms with E-state index in [1.54, 1.807) is 0 Å². The predicted octanol–water partition coefficient (Wildman–Crippen LogP) is 13.7. The van der Waals surface area contributed by atoms with Crippen LogP contribution in [0.1, 0.15) is 220 Å². The molecule has 0 fully saturated rings. The lowest BCUT2D eigenvalue weighted by molar-refractivity contribution is -0.150. The van der Waals surface area contributed by atoms with Crippen LogP contribution in [0.3, 0.4) is 0 Å². The van der Waals surface area contributed by atoms with Gasteiger partial charge in [-0.2, -0.15) is 0 Å². The number of unbranched alkanes of at least 4 members (excludes halogenated alkanes) is 24. The molecule has 0 heterocycles. The van der Waals surface area contributed by atoms with Gasteiger partial charge in [-0.1, -0.05) is 242 Å². The first-order valence-electron chi connectivity index (χ1n) is 23.6. The molecule has 6 heteroatoms. The maximum absolute atomic E-state index is 13.1. The number of ether oxygens (including phenoxy) is 1. The molecule has 0 aliphatic heterocycles. The van der Waals surface area contributed by atoms with Gasteiger partial charge < -0.3 is 20.3 Å². The van der Waals surface area contributed by atoms with E-state index in [1.165, 1.54) is 128 Å². The lowest BCUT2D eigenvalue weighted by atomic mass is 10.0. The summed E-state index contributed by atoms with van der Waals surface area (Å²) in [5, 5.41) is 23.5. The Labute approximate surface area is 346 Å². The van der Waals surface area contributed by atoms with Crippen molar-refractivity contribution in [1.29, 1.82) is 0 Å². The summed E-state index contributed by atoms with van der Waals surface area (Å²) < 4.78 is 5.82. The number of amides is 1. The van der Waals surface area contributed by atoms with E-state index in [0.29, 0.717) is 19.3 Å². The second-order valence-corrected chi connectivity index (χ2v) is 15.9. The van der Waals surface area contributed by atoms with Crippen molar-refractivity contribution in [2.75, 3.05) is 6.61 Å². The van der Waals surface area contributed by atoms with Crippen LogP contribution in [0, 0.1) is 0 Å². The maximum atomic E-state index is 13.1. The van der Waals surface area contributed by atoms with Crippen LogP contribution in [0.25, 0.3) is 0 Å². The van der Waals surface area contributed by atoms with Crippen LogP contribution in [0.5, 0.6) is 0 Å². The fraction of sp³-hybridized carbons (Fsp3) is 0.760. The topological polar surface area (TPSA) is 95.9 Å². The summed E-state index contributed by atoms with van der Waals surface area (Å²) in [4.78, 5) is 25.9. The lowest BCUT2D eigenvalue weighted by Crippen LogP contribution is -2.46. The third-order valence-corrected chi connectivity index (χ3v) is 10.5. The number of carbonyl (C=O) groups excluding carboxylic acids is 2. The molecular weight excluding hydrogens is 695 g/mol. The fourth-order valence-corrected chi connectivity index (χ4v) is 6.92. The van der Waals surface area contributed by atoms with Crippen LogP contribution in [0.2, 0.25) is 0 Å². The average Bonchev–Trinajstić information content (AvgIpc) is 3.19. The normalized spacial score (nSPS) is 13.9. The van der Waals surface area contributed by atoms with Crippen LogP contribution in [0.15, 0.2) is 60.8 Å². The van der Waals surface area contributed by atoms with Gasteiger partial charge in [-0.3, -0.25) is 9.59 Å². The highest BCUT2D eigenvalue weighted by Crippen LogP contribution is 2.16. The summed E-state index contributed by atoms with van der Waals surface area (Å²) in [6.45, 7) is 6.27. The molecule has 0 aromatic heterocycles. The number of hydrogen-bond acceptors (Lipinski definition) is 5. The van der Waals surface area contributed by atoms with Gasteiger partial charge in [-0.25, -0.2) is 0 Å². The molecule has 324 valence electrons. The van der Waals surface area contributed by atoms with Crippen molar-refractivity contribution in [2.24, 2.45) is 0 Å². The Morgan fingerprint density at radius 2 is 0.929 bits per heavy atom. The number of rotatable bonds is 41. The van der Waals surface area contributed by atoms with E-state index in [2.05, 4.69) is 32.2 Å². The first-order valence-corrected chi connectivity index (χ1v) is 23.6. The highest BCUT2D eigenvalue weighted by Gasteiger charge is 2.23. The molecule has 0 saturated carbocycles. The molecule has 0 aromatic carbocycles. The zero-order valence-electron chi connectivity index (χ0n) is 36.8. The molecule has 3 unspecified atom stereocenters. The average molecular weight is 784 g/mol. The van der Waals surface area contributed by atoms with Crippen LogP contribution >= 0.6 is 0 Å². The zero-order valence-corrected chi connectivity index (χ0v) is 36.8. The summed E-state index contributed by atoms with van der Waals surface area (Å²) in [5.41, 5.74) is 0. The van der Waals surface area contributed by atoms with Crippen molar-refractivity contribution in [1.82, 2.24) is 5.32 Å². The van der Waals surface area contributed by atoms with E-state index in [4.69, 9.17) is 4.74 Å². The van der Waals surface area contributed by atoms with Gasteiger partial charge in [0.1, 0.15) is 6.10 Å². The van der Waals surface area contributed by atoms with Gasteiger partial charge in [0, 0.05) is 12.8 Å². The number of carbonyl (C=O) groups is 2. The molecule has 0 bridgehead atoms. The first kappa shape index (κ1) is 53.6. The zero-order chi connectivity index (χ0) is 41.0. The molecule has 3 N–H and O–H groups in total. The molecule has 0 rings (SSSR count). The minimum Gasteiger partial charge on any atom is -0.461 e. The number of nitrogens with one attached hydrogen (secondary N) is 1. The molecule has 0 aromatic rings. The molecule has 1 amide bonds. The summed E-state index contributed by atoms with van der Waals surface area (Å²) in [5.74, 6) is -0.606. The largest absolute Gasteiger partial charge is 0.461 e. The maximum Gasteiger partial charge on any atom is 0.306 e. The van der Waals surface area contributed by atoms with E-state index >= 15 is 0 Å². The number of aliphatic hydroxyl groups is 2. The fourth-order valence-electron chi connectivity index (χ4n) is 6.92. The molecule has 6 nitrogen and oxygen atoms in total. The van der Waals surface area contributed by atoms with Crippen molar-refractivity contribution in [3.63, 3.8) is 0 Å². The Bertz CT molecular complexity index is 1010. The second kappa shape index (κ2) is 43.7. The van der Waals surface area contributed by atoms with E-state index < -0.39 is 18.2 Å². The summed E-state index contributed by atoms with van der Waals surface area (Å²) >= 11 is 0. The van der Waals surface area contributed by atoms with Crippen molar-refractivity contribution in [3.8, 4) is 0 Å². The number of hydrogen-bond donors (Lipinski definition) is 3. The third-order valence-electron chi connectivity index (χ3n) is 10.5. The minimum absolute atomic E-state index is 0.0178. The van der Waals surface area contributed by atoms with Gasteiger partial charge in [0.05, 0.1) is 25.2 Å². The number of esters is 1. The second-order valence-electron chi connectivity index (χ2n) is 15.9. The van der Waals surface area contributed by atoms with Gasteiger partial charge in [0.25, 0.3) is 0 Å². The molecule has 0 aliphatic carbocycles. The van der Waals surface area contributed by atoms with Crippen molar-refractivity contribution in [3.05, 3.63) is 60.8 Å². The molecule has 0 aliphatic rings. The van der Waals surface area contributed by atoms with E-state index in [0.717, 1.165) is 44.9 Å². The smallest absolute Gasteiger partial charge is 0.306 e. The highest BCUT2D eigenvalue weighted by molar-refractivity contribution is 5.77. The molecule has 0 radical (unpaired) electrons. The molecule has 0 spiro atoms. The lowest BCUT2D eigenvalue weighted by Gasteiger charge is -2.24. The molecule has 56 heavy (non-hydrogen) atoms. The van der Waals surface area contributed by atoms with Crippen LogP contribution in [0.4, 0.5) is 0 Å². The number of aliphatic hydroxyl groups excluding tert-OH is 2. The Kier molecular flexibility index (Phi) is 41.8. The van der Waals surface area contributed by atoms with Gasteiger partial charge in [0.2, 0.25) is 5.91 Å². The van der Waals surface area contributed by atoms with Crippen molar-refractivity contribution >= 4 is 11.9 Å². The van der Waals surface area contributed by atoms with Crippen LogP contribution in [-0.2, 0) is 14.3 Å². The monoisotopic (exact) mass is 784 g/mol. The molecule has 3 atom stereocenters. The van der Waals surface area contributed by atoms with Gasteiger partial charge in [0.15, 0.2) is 0 Å². The van der Waals surface area contributed by atoms with Gasteiger partial charge in [-0.05, 0) is 19.3 Å². The Morgan fingerprint density at radius 3 is 1.36 bits per heavy atom. The number of allylic oxidation sites excluding steroid dienone is 9. The quantitative estimate of drug-likeness (QED) is 0.0326. The Hall–Kier alpha value is -2.44. The van der Waals surface area contributed by atoms with Crippen LogP contribution < -0.4 is 5.32 Å². The van der Waals surface area contributed by atoms with Gasteiger partial charge in [-0.15, -0.1) is 0 Å². The summed E-state index contributed by atoms with van der Waals surface area (Å²) in [6.07, 6.45) is 53.1. The van der Waals surface area contributed by atoms with E-state index in [1.807, 2.05) is 54.7 Å². The highest BCUT2D eigenvalue weighted by atomic mass is 16.5. The third kappa shape index (κ3) is 38.4. The van der Waals surface area contributed by atoms with E-state index in [-0.39, 0.29) is 24.9 Å². The van der Waals surface area contributed by atoms with E-state index in [9.17, 15) is 19.8 Å². The summed E-state index contributed by atoms with van der Waals surface area (Å²) in [6, 6.07) is -0.737. The SMILES string of the molecule is CC/C=C/C=C/C=C\C=C/C=C/CC(CC(=O)NC(CO)C(O)CCCCCCCCCCC)OC(=O)CCCCCCCCCCCCCCCCCCC. The van der Waals surface area contributed by atoms with Crippen molar-refractivity contribution < 1.29 is 24.5 Å². The Balaban J connectivity index is 4.63. The standard InChI is InChI=1S/C50H89NO5/c1-4-7-10-13-16-19-21-22-23-24-25-26-28-31-34-37-40-43-50(55)56-46(41-38-35-32-30-27-20-17-14-11-8-5-2)44-49(54)51-47(45-52)48(53)42-39-36-33-29-18-15-12-9-6-3/h8,11,14,17,20,27,30,32,35,38,46-48,52-53H,4-7,9-10,12-13,15-16,18-19,21-26,28-29,31,33-34,36-37,39-45H2,1-3H3,(H,51,54)/b11-8+,17-14+,27-20-,32-30-,38-35+. The van der Waals surface area contributed by atoms with Crippen LogP contribution in [-0.4, -0.2) is 46.9 Å². The predicted molar refractivity (Wildman–Crippen MR) is 241 cm³/mol.